The fourth-order valence-corrected chi connectivity index (χ4v) is 2.44. The van der Waals surface area contributed by atoms with Crippen molar-refractivity contribution in [1.82, 2.24) is 5.32 Å². The maximum absolute atomic E-state index is 6.21. The van der Waals surface area contributed by atoms with Crippen LogP contribution in [0.5, 0.6) is 0 Å². The Labute approximate surface area is 125 Å². The summed E-state index contributed by atoms with van der Waals surface area (Å²) in [6.45, 7) is 7.94. The number of hydrogen-bond acceptors (Lipinski definition) is 4. The Hall–Kier alpha value is -0.870. The number of aliphatic imine (C=N–C) groups is 1. The molecule has 1 aromatic carbocycles. The predicted molar refractivity (Wildman–Crippen MR) is 88.6 cm³/mol. The molecule has 0 radical (unpaired) electrons. The molecule has 106 valence electrons. The van der Waals surface area contributed by atoms with Crippen molar-refractivity contribution in [3.8, 4) is 0 Å². The first-order valence-electron chi connectivity index (χ1n) is 6.73. The standard InChI is InChI=1S/C12H16ClN3S.C2H6/c1-2-17-16-11-4-3-9(7-10(11)13)8-12-14-5-6-15-12;1-2/h3-4,7,16H,2,5-6,8H2,1H3,(H,14,15);1-2H3. The minimum Gasteiger partial charge on any atom is -0.372 e. The normalized spacial score (nSPS) is 13.2. The molecule has 0 bridgehead atoms. The lowest BCUT2D eigenvalue weighted by Gasteiger charge is -2.08. The summed E-state index contributed by atoms with van der Waals surface area (Å²) in [5.74, 6) is 2.07. The fraction of sp³-hybridized carbons (Fsp3) is 0.500. The lowest BCUT2D eigenvalue weighted by Crippen LogP contribution is -2.20. The van der Waals surface area contributed by atoms with Gasteiger partial charge in [-0.3, -0.25) is 4.99 Å². The van der Waals surface area contributed by atoms with Gasteiger partial charge in [0.2, 0.25) is 0 Å². The SMILES string of the molecule is CC.CCSNc1ccc(CC2=NCCN2)cc1Cl. The quantitative estimate of drug-likeness (QED) is 0.807. The van der Waals surface area contributed by atoms with Crippen LogP contribution >= 0.6 is 23.5 Å². The molecule has 0 spiro atoms. The Balaban J connectivity index is 0.000000861. The van der Waals surface area contributed by atoms with E-state index < -0.39 is 0 Å². The fourth-order valence-electron chi connectivity index (χ4n) is 1.66. The number of rotatable bonds is 5. The third-order valence-electron chi connectivity index (χ3n) is 2.48. The van der Waals surface area contributed by atoms with Crippen LogP contribution in [0.25, 0.3) is 0 Å². The van der Waals surface area contributed by atoms with E-state index in [0.717, 1.165) is 41.8 Å². The van der Waals surface area contributed by atoms with Crippen molar-refractivity contribution in [3.05, 3.63) is 28.8 Å². The first-order chi connectivity index (χ1) is 9.29. The zero-order valence-corrected chi connectivity index (χ0v) is 13.4. The van der Waals surface area contributed by atoms with Gasteiger partial charge in [0.1, 0.15) is 5.84 Å². The van der Waals surface area contributed by atoms with Crippen molar-refractivity contribution in [2.45, 2.75) is 27.2 Å². The van der Waals surface area contributed by atoms with Gasteiger partial charge in [-0.25, -0.2) is 0 Å². The van der Waals surface area contributed by atoms with Gasteiger partial charge in [-0.2, -0.15) is 0 Å². The second-order valence-electron chi connectivity index (χ2n) is 3.78. The van der Waals surface area contributed by atoms with E-state index in [1.54, 1.807) is 11.9 Å². The number of anilines is 1. The van der Waals surface area contributed by atoms with Gasteiger partial charge >= 0.3 is 0 Å². The van der Waals surface area contributed by atoms with Crippen LogP contribution in [0.3, 0.4) is 0 Å². The molecule has 0 aliphatic carbocycles. The van der Waals surface area contributed by atoms with E-state index in [9.17, 15) is 0 Å². The second-order valence-corrected chi connectivity index (χ2v) is 5.26. The molecule has 2 N–H and O–H groups in total. The summed E-state index contributed by atoms with van der Waals surface area (Å²) in [6, 6.07) is 6.12. The summed E-state index contributed by atoms with van der Waals surface area (Å²) in [5.41, 5.74) is 2.17. The van der Waals surface area contributed by atoms with Crippen LogP contribution in [-0.2, 0) is 6.42 Å². The van der Waals surface area contributed by atoms with E-state index in [-0.39, 0.29) is 0 Å². The molecule has 3 nitrogen and oxygen atoms in total. The maximum atomic E-state index is 6.21. The largest absolute Gasteiger partial charge is 0.372 e. The molecule has 0 saturated carbocycles. The molecule has 19 heavy (non-hydrogen) atoms. The van der Waals surface area contributed by atoms with Crippen LogP contribution in [-0.4, -0.2) is 24.7 Å². The van der Waals surface area contributed by atoms with Gasteiger partial charge in [-0.05, 0) is 17.7 Å². The van der Waals surface area contributed by atoms with Gasteiger partial charge in [-0.1, -0.05) is 50.4 Å². The van der Waals surface area contributed by atoms with Crippen molar-refractivity contribution < 1.29 is 0 Å². The summed E-state index contributed by atoms with van der Waals surface area (Å²) >= 11 is 7.86. The summed E-state index contributed by atoms with van der Waals surface area (Å²) in [6.07, 6.45) is 0.834. The number of halogens is 1. The Morgan fingerprint density at radius 3 is 2.79 bits per heavy atom. The van der Waals surface area contributed by atoms with E-state index in [1.165, 1.54) is 5.56 Å². The van der Waals surface area contributed by atoms with Gasteiger partial charge in [0.15, 0.2) is 0 Å². The Bertz CT molecular complexity index is 421. The Kier molecular flexibility index (Phi) is 7.75. The monoisotopic (exact) mass is 299 g/mol. The Morgan fingerprint density at radius 2 is 2.21 bits per heavy atom. The van der Waals surface area contributed by atoms with Crippen molar-refractivity contribution in [1.29, 1.82) is 0 Å². The van der Waals surface area contributed by atoms with E-state index in [0.29, 0.717) is 0 Å². The minimum absolute atomic E-state index is 0.766. The summed E-state index contributed by atoms with van der Waals surface area (Å²) < 4.78 is 3.22. The minimum atomic E-state index is 0.766. The van der Waals surface area contributed by atoms with Crippen molar-refractivity contribution in [3.63, 3.8) is 0 Å². The molecule has 1 aliphatic heterocycles. The van der Waals surface area contributed by atoms with E-state index in [1.807, 2.05) is 26.0 Å². The van der Waals surface area contributed by atoms with Crippen LogP contribution in [0.15, 0.2) is 23.2 Å². The molecule has 0 fully saturated rings. The highest BCUT2D eigenvalue weighted by Gasteiger charge is 2.07. The molecular formula is C14H22ClN3S. The number of amidine groups is 1. The number of nitrogens with one attached hydrogen (secondary N) is 2. The van der Waals surface area contributed by atoms with Crippen LogP contribution in [0.4, 0.5) is 5.69 Å². The van der Waals surface area contributed by atoms with Gasteiger partial charge in [0, 0.05) is 18.7 Å². The zero-order valence-electron chi connectivity index (χ0n) is 11.8. The van der Waals surface area contributed by atoms with E-state index in [2.05, 4.69) is 28.0 Å². The summed E-state index contributed by atoms with van der Waals surface area (Å²) in [4.78, 5) is 4.38. The predicted octanol–water partition coefficient (Wildman–Crippen LogP) is 3.99. The highest BCUT2D eigenvalue weighted by Crippen LogP contribution is 2.25. The molecule has 0 unspecified atom stereocenters. The third-order valence-corrected chi connectivity index (χ3v) is 3.44. The van der Waals surface area contributed by atoms with Crippen molar-refractivity contribution in [2.24, 2.45) is 4.99 Å². The number of hydrogen-bond donors (Lipinski definition) is 2. The van der Waals surface area contributed by atoms with Gasteiger partial charge < -0.3 is 10.0 Å². The maximum Gasteiger partial charge on any atom is 0.101 e. The lowest BCUT2D eigenvalue weighted by atomic mass is 10.1. The lowest BCUT2D eigenvalue weighted by molar-refractivity contribution is 0.953. The van der Waals surface area contributed by atoms with E-state index in [4.69, 9.17) is 11.6 Å². The average molecular weight is 300 g/mol. The molecule has 0 aromatic heterocycles. The van der Waals surface area contributed by atoms with Crippen LogP contribution in [0, 0.1) is 0 Å². The van der Waals surface area contributed by atoms with Gasteiger partial charge in [-0.15, -0.1) is 0 Å². The van der Waals surface area contributed by atoms with Gasteiger partial charge in [0.25, 0.3) is 0 Å². The molecule has 5 heteroatoms. The summed E-state index contributed by atoms with van der Waals surface area (Å²) in [5, 5.41) is 4.03. The zero-order chi connectivity index (χ0) is 14.1. The molecule has 0 saturated heterocycles. The first-order valence-corrected chi connectivity index (χ1v) is 8.09. The number of benzene rings is 1. The van der Waals surface area contributed by atoms with Crippen molar-refractivity contribution >= 4 is 35.1 Å². The Morgan fingerprint density at radius 1 is 1.42 bits per heavy atom. The van der Waals surface area contributed by atoms with Gasteiger partial charge in [0.05, 0.1) is 17.3 Å². The van der Waals surface area contributed by atoms with Crippen molar-refractivity contribution in [2.75, 3.05) is 23.6 Å². The molecular weight excluding hydrogens is 278 g/mol. The topological polar surface area (TPSA) is 36.4 Å². The van der Waals surface area contributed by atoms with Crippen LogP contribution in [0.2, 0.25) is 5.02 Å². The average Bonchev–Trinajstić information content (AvgIpc) is 2.93. The highest BCUT2D eigenvalue weighted by molar-refractivity contribution is 8.00. The summed E-state index contributed by atoms with van der Waals surface area (Å²) in [7, 11) is 0. The highest BCUT2D eigenvalue weighted by atomic mass is 35.5. The first kappa shape index (κ1) is 16.2. The van der Waals surface area contributed by atoms with E-state index >= 15 is 0 Å². The van der Waals surface area contributed by atoms with Crippen LogP contribution < -0.4 is 10.0 Å². The molecule has 0 amide bonds. The van der Waals surface area contributed by atoms with Crippen LogP contribution in [0.1, 0.15) is 26.3 Å². The second kappa shape index (κ2) is 9.10. The molecule has 0 atom stereocenters. The molecule has 1 aliphatic rings. The molecule has 1 aromatic rings. The number of nitrogens with zero attached hydrogens (tertiary/aromatic N) is 1. The smallest absolute Gasteiger partial charge is 0.101 e. The molecule has 2 rings (SSSR count). The molecule has 1 heterocycles. The third kappa shape index (κ3) is 5.33.